The monoisotopic (exact) mass is 285 g/mol. The third-order valence-electron chi connectivity index (χ3n) is 4.42. The summed E-state index contributed by atoms with van der Waals surface area (Å²) in [5, 5.41) is 12.6. The van der Waals surface area contributed by atoms with E-state index in [-0.39, 0.29) is 0 Å². The Kier molecular flexibility index (Phi) is 6.92. The van der Waals surface area contributed by atoms with Crippen LogP contribution in [0, 0.1) is 0 Å². The van der Waals surface area contributed by atoms with Gasteiger partial charge in [-0.1, -0.05) is 13.8 Å². The van der Waals surface area contributed by atoms with Crippen molar-refractivity contribution in [3.05, 3.63) is 0 Å². The topological polar surface area (TPSA) is 55.8 Å². The molecule has 0 bridgehead atoms. The minimum atomic E-state index is -0.804. The predicted molar refractivity (Wildman–Crippen MR) is 82.1 cm³/mol. The molecule has 0 aromatic rings. The molecule has 5 heteroatoms. The van der Waals surface area contributed by atoms with Gasteiger partial charge >= 0.3 is 5.97 Å². The molecule has 1 heterocycles. The third-order valence-corrected chi connectivity index (χ3v) is 4.42. The van der Waals surface area contributed by atoms with Crippen molar-refractivity contribution >= 4 is 5.97 Å². The summed E-state index contributed by atoms with van der Waals surface area (Å²) >= 11 is 0. The van der Waals surface area contributed by atoms with E-state index in [2.05, 4.69) is 35.9 Å². The number of piperazine rings is 1. The van der Waals surface area contributed by atoms with Gasteiger partial charge in [0.1, 0.15) is 5.54 Å². The summed E-state index contributed by atoms with van der Waals surface area (Å²) in [5.74, 6) is -0.744. The van der Waals surface area contributed by atoms with Crippen LogP contribution in [-0.4, -0.2) is 71.7 Å². The fraction of sp³-hybridized carbons (Fsp3) is 0.933. The van der Waals surface area contributed by atoms with E-state index in [4.69, 9.17) is 0 Å². The zero-order chi connectivity index (χ0) is 15.2. The molecule has 0 aliphatic carbocycles. The molecule has 118 valence electrons. The third kappa shape index (κ3) is 4.72. The Bertz CT molecular complexity index is 311. The number of carboxylic acid groups (broad SMARTS) is 1. The number of rotatable bonds is 8. The van der Waals surface area contributed by atoms with Gasteiger partial charge in [-0.2, -0.15) is 0 Å². The maximum atomic E-state index is 11.5. The van der Waals surface area contributed by atoms with Crippen LogP contribution < -0.4 is 5.32 Å². The molecule has 0 spiro atoms. The number of hydrogen-bond acceptors (Lipinski definition) is 4. The molecular weight excluding hydrogens is 254 g/mol. The number of hydrogen-bond donors (Lipinski definition) is 2. The number of nitrogens with zero attached hydrogens (tertiary/aromatic N) is 2. The Morgan fingerprint density at radius 3 is 2.60 bits per heavy atom. The number of carboxylic acids is 1. The van der Waals surface area contributed by atoms with Crippen LogP contribution in [-0.2, 0) is 4.79 Å². The molecule has 0 radical (unpaired) electrons. The molecule has 2 N–H and O–H groups in total. The highest BCUT2D eigenvalue weighted by molar-refractivity contribution is 5.78. The summed E-state index contributed by atoms with van der Waals surface area (Å²) in [6.45, 7) is 14.2. The van der Waals surface area contributed by atoms with E-state index in [1.54, 1.807) is 6.92 Å². The number of carbonyl (C=O) groups is 1. The summed E-state index contributed by atoms with van der Waals surface area (Å²) in [6.07, 6.45) is 1.61. The fourth-order valence-corrected chi connectivity index (χ4v) is 2.80. The largest absolute Gasteiger partial charge is 0.480 e. The highest BCUT2D eigenvalue weighted by atomic mass is 16.4. The van der Waals surface area contributed by atoms with Crippen molar-refractivity contribution in [3.8, 4) is 0 Å². The minimum Gasteiger partial charge on any atom is -0.480 e. The fourth-order valence-electron chi connectivity index (χ4n) is 2.80. The zero-order valence-corrected chi connectivity index (χ0v) is 13.5. The Morgan fingerprint density at radius 2 is 2.10 bits per heavy atom. The average molecular weight is 285 g/mol. The highest BCUT2D eigenvalue weighted by Crippen LogP contribution is 2.14. The molecule has 2 atom stereocenters. The van der Waals surface area contributed by atoms with Crippen LogP contribution in [0.25, 0.3) is 0 Å². The van der Waals surface area contributed by atoms with Crippen LogP contribution >= 0.6 is 0 Å². The van der Waals surface area contributed by atoms with Gasteiger partial charge in [0, 0.05) is 32.2 Å². The van der Waals surface area contributed by atoms with Crippen LogP contribution in [0.1, 0.15) is 40.5 Å². The summed E-state index contributed by atoms with van der Waals surface area (Å²) in [5.41, 5.74) is -0.804. The van der Waals surface area contributed by atoms with Gasteiger partial charge < -0.3 is 15.3 Å². The van der Waals surface area contributed by atoms with E-state index in [1.807, 2.05) is 0 Å². The van der Waals surface area contributed by atoms with E-state index in [1.165, 1.54) is 0 Å². The van der Waals surface area contributed by atoms with Gasteiger partial charge in [0.25, 0.3) is 0 Å². The Hall–Kier alpha value is -0.650. The van der Waals surface area contributed by atoms with Crippen LogP contribution in [0.15, 0.2) is 0 Å². The first-order valence-electron chi connectivity index (χ1n) is 7.87. The number of nitrogens with one attached hydrogen (secondary N) is 1. The van der Waals surface area contributed by atoms with E-state index < -0.39 is 11.5 Å². The molecule has 5 nitrogen and oxygen atoms in total. The molecule has 2 unspecified atom stereocenters. The lowest BCUT2D eigenvalue weighted by atomic mass is 9.97. The predicted octanol–water partition coefficient (Wildman–Crippen LogP) is 1.25. The van der Waals surface area contributed by atoms with Gasteiger partial charge in [0.2, 0.25) is 0 Å². The van der Waals surface area contributed by atoms with Crippen LogP contribution in [0.5, 0.6) is 0 Å². The van der Waals surface area contributed by atoms with Crippen LogP contribution in [0.4, 0.5) is 0 Å². The molecule has 1 rings (SSSR count). The maximum Gasteiger partial charge on any atom is 0.323 e. The first-order chi connectivity index (χ1) is 9.42. The van der Waals surface area contributed by atoms with Crippen molar-refractivity contribution in [2.45, 2.75) is 52.1 Å². The van der Waals surface area contributed by atoms with E-state index in [0.29, 0.717) is 12.5 Å². The summed E-state index contributed by atoms with van der Waals surface area (Å²) < 4.78 is 0. The molecule has 1 aliphatic heterocycles. The second-order valence-electron chi connectivity index (χ2n) is 6.09. The van der Waals surface area contributed by atoms with Crippen molar-refractivity contribution < 1.29 is 9.90 Å². The van der Waals surface area contributed by atoms with Gasteiger partial charge in [-0.3, -0.25) is 9.69 Å². The SMILES string of the molecule is CCCNC(C)(CCN1CCN(CC)C(C)C1)C(=O)O. The lowest BCUT2D eigenvalue weighted by molar-refractivity contribution is -0.144. The summed E-state index contributed by atoms with van der Waals surface area (Å²) in [4.78, 5) is 16.3. The second-order valence-corrected chi connectivity index (χ2v) is 6.09. The molecule has 1 aliphatic rings. The molecule has 1 saturated heterocycles. The minimum absolute atomic E-state index is 0.563. The smallest absolute Gasteiger partial charge is 0.323 e. The van der Waals surface area contributed by atoms with Crippen LogP contribution in [0.2, 0.25) is 0 Å². The first-order valence-corrected chi connectivity index (χ1v) is 7.87. The van der Waals surface area contributed by atoms with E-state index in [9.17, 15) is 9.90 Å². The van der Waals surface area contributed by atoms with E-state index >= 15 is 0 Å². The second kappa shape index (κ2) is 7.96. The lowest BCUT2D eigenvalue weighted by Crippen LogP contribution is -2.55. The lowest BCUT2D eigenvalue weighted by Gasteiger charge is -2.40. The van der Waals surface area contributed by atoms with Crippen molar-refractivity contribution in [1.82, 2.24) is 15.1 Å². The van der Waals surface area contributed by atoms with Gasteiger partial charge in [0.15, 0.2) is 0 Å². The molecular formula is C15H31N3O2. The van der Waals surface area contributed by atoms with Gasteiger partial charge in [0.05, 0.1) is 0 Å². The van der Waals surface area contributed by atoms with E-state index in [0.717, 1.165) is 45.7 Å². The molecule has 0 aromatic heterocycles. The van der Waals surface area contributed by atoms with Gasteiger partial charge in [-0.15, -0.1) is 0 Å². The first kappa shape index (κ1) is 17.4. The summed E-state index contributed by atoms with van der Waals surface area (Å²) in [7, 11) is 0. The standard InChI is InChI=1S/C15H31N3O2/c1-5-8-16-15(4,14(19)20)7-9-17-10-11-18(6-2)13(3)12-17/h13,16H,5-12H2,1-4H3,(H,19,20). The molecule has 0 amide bonds. The molecule has 0 saturated carbocycles. The van der Waals surface area contributed by atoms with Gasteiger partial charge in [-0.25, -0.2) is 0 Å². The molecule has 1 fully saturated rings. The van der Waals surface area contributed by atoms with Crippen molar-refractivity contribution in [2.75, 3.05) is 39.3 Å². The van der Waals surface area contributed by atoms with Crippen molar-refractivity contribution in [1.29, 1.82) is 0 Å². The number of likely N-dealkylation sites (N-methyl/N-ethyl adjacent to an activating group) is 1. The highest BCUT2D eigenvalue weighted by Gasteiger charge is 2.33. The number of aliphatic carboxylic acids is 1. The quantitative estimate of drug-likeness (QED) is 0.703. The summed E-state index contributed by atoms with van der Waals surface area (Å²) in [6, 6.07) is 0.563. The van der Waals surface area contributed by atoms with Crippen molar-refractivity contribution in [3.63, 3.8) is 0 Å². The zero-order valence-electron chi connectivity index (χ0n) is 13.5. The van der Waals surface area contributed by atoms with Gasteiger partial charge in [-0.05, 0) is 39.8 Å². The van der Waals surface area contributed by atoms with Crippen LogP contribution in [0.3, 0.4) is 0 Å². The van der Waals surface area contributed by atoms with Crippen molar-refractivity contribution in [2.24, 2.45) is 0 Å². The Balaban J connectivity index is 2.46. The molecule has 0 aromatic carbocycles. The maximum absolute atomic E-state index is 11.5. The normalized spacial score (nSPS) is 24.5. The Morgan fingerprint density at radius 1 is 1.40 bits per heavy atom. The molecule has 20 heavy (non-hydrogen) atoms. The average Bonchev–Trinajstić information content (AvgIpc) is 2.43. The Labute approximate surface area is 123 Å².